The third-order valence-corrected chi connectivity index (χ3v) is 4.28. The van der Waals surface area contributed by atoms with E-state index in [0.29, 0.717) is 17.5 Å². The number of hydrogen-bond donors (Lipinski definition) is 2. The van der Waals surface area contributed by atoms with Crippen molar-refractivity contribution in [2.75, 3.05) is 10.6 Å². The van der Waals surface area contributed by atoms with Crippen molar-refractivity contribution in [1.29, 1.82) is 0 Å². The number of fused-ring (bicyclic) bond motifs is 1. The number of amides is 2. The van der Waals surface area contributed by atoms with Gasteiger partial charge < -0.3 is 5.32 Å². The molecule has 2 amide bonds. The van der Waals surface area contributed by atoms with Crippen molar-refractivity contribution < 1.29 is 14.0 Å². The highest BCUT2D eigenvalue weighted by Gasteiger charge is 2.35. The predicted molar refractivity (Wildman–Crippen MR) is 97.5 cm³/mol. The number of anilines is 2. The number of nitrogens with one attached hydrogen (secondary N) is 2. The van der Waals surface area contributed by atoms with E-state index >= 15 is 0 Å². The zero-order valence-electron chi connectivity index (χ0n) is 14.4. The van der Waals surface area contributed by atoms with E-state index < -0.39 is 6.04 Å². The number of benzene rings is 2. The molecule has 1 aliphatic heterocycles. The largest absolute Gasteiger partial charge is 0.326 e. The molecule has 4 rings (SSSR count). The lowest BCUT2D eigenvalue weighted by atomic mass is 10.1. The first-order valence-corrected chi connectivity index (χ1v) is 8.39. The number of carbonyl (C=O) groups excluding carboxylic acids is 2. The van der Waals surface area contributed by atoms with Crippen LogP contribution in [-0.4, -0.2) is 26.6 Å². The maximum atomic E-state index is 12.9. The Morgan fingerprint density at radius 1 is 1.19 bits per heavy atom. The van der Waals surface area contributed by atoms with Crippen LogP contribution in [0.5, 0.6) is 0 Å². The summed E-state index contributed by atoms with van der Waals surface area (Å²) in [5.74, 6) is -0.306. The molecule has 0 saturated heterocycles. The van der Waals surface area contributed by atoms with Crippen LogP contribution in [0, 0.1) is 12.7 Å². The molecule has 0 spiro atoms. The van der Waals surface area contributed by atoms with Gasteiger partial charge in [0.2, 0.25) is 11.9 Å². The molecule has 2 aromatic carbocycles. The lowest BCUT2D eigenvalue weighted by Gasteiger charge is -2.10. The Morgan fingerprint density at radius 2 is 1.89 bits per heavy atom. The molecule has 7 nitrogen and oxygen atoms in total. The smallest absolute Gasteiger partial charge is 0.252 e. The maximum Gasteiger partial charge on any atom is 0.252 e. The second-order valence-corrected chi connectivity index (χ2v) is 6.33. The van der Waals surface area contributed by atoms with Crippen LogP contribution in [0.25, 0.3) is 11.4 Å². The zero-order valence-corrected chi connectivity index (χ0v) is 14.4. The number of aryl methyl sites for hydroxylation is 1. The summed E-state index contributed by atoms with van der Waals surface area (Å²) >= 11 is 0. The summed E-state index contributed by atoms with van der Waals surface area (Å²) in [6.07, 6.45) is -0.104. The van der Waals surface area contributed by atoms with Crippen LogP contribution in [0.15, 0.2) is 48.5 Å². The lowest BCUT2D eigenvalue weighted by Crippen LogP contribution is -2.23. The maximum absolute atomic E-state index is 12.9. The van der Waals surface area contributed by atoms with Gasteiger partial charge in [0.1, 0.15) is 11.9 Å². The summed E-state index contributed by atoms with van der Waals surface area (Å²) in [4.78, 5) is 28.8. The molecular weight excluding hydrogens is 349 g/mol. The number of aromatic nitrogens is 3. The van der Waals surface area contributed by atoms with Crippen molar-refractivity contribution >= 4 is 23.5 Å². The minimum atomic E-state index is -0.785. The van der Waals surface area contributed by atoms with Crippen molar-refractivity contribution in [2.45, 2.75) is 19.4 Å². The second-order valence-electron chi connectivity index (χ2n) is 6.33. The number of carbonyl (C=O) groups is 2. The minimum absolute atomic E-state index is 0.104. The van der Waals surface area contributed by atoms with E-state index in [-0.39, 0.29) is 24.1 Å². The summed E-state index contributed by atoms with van der Waals surface area (Å²) in [6, 6.07) is 12.3. The summed E-state index contributed by atoms with van der Waals surface area (Å²) in [5, 5.41) is 9.68. The van der Waals surface area contributed by atoms with Gasteiger partial charge in [-0.1, -0.05) is 29.8 Å². The van der Waals surface area contributed by atoms with Gasteiger partial charge in [-0.25, -0.2) is 9.07 Å². The monoisotopic (exact) mass is 365 g/mol. The van der Waals surface area contributed by atoms with Crippen LogP contribution in [0.2, 0.25) is 0 Å². The van der Waals surface area contributed by atoms with Gasteiger partial charge >= 0.3 is 0 Å². The van der Waals surface area contributed by atoms with Gasteiger partial charge in [0.05, 0.1) is 6.42 Å². The van der Waals surface area contributed by atoms with Crippen LogP contribution in [0.3, 0.4) is 0 Å². The first-order valence-electron chi connectivity index (χ1n) is 8.39. The molecule has 1 unspecified atom stereocenters. The summed E-state index contributed by atoms with van der Waals surface area (Å²) in [5.41, 5.74) is 2.40. The van der Waals surface area contributed by atoms with Crippen LogP contribution in [-0.2, 0) is 9.59 Å². The first-order chi connectivity index (χ1) is 13.0. The summed E-state index contributed by atoms with van der Waals surface area (Å²) in [7, 11) is 0. The SMILES string of the molecule is Cc1ccc(-c2nc3n(n2)C(CC(=O)Nc2ccc(F)cc2)C(=O)N3)cc1. The molecule has 1 aromatic heterocycles. The molecule has 0 saturated carbocycles. The molecular formula is C19H16FN5O2. The van der Waals surface area contributed by atoms with E-state index in [1.807, 2.05) is 31.2 Å². The van der Waals surface area contributed by atoms with Gasteiger partial charge in [-0.15, -0.1) is 5.10 Å². The second kappa shape index (κ2) is 6.64. The van der Waals surface area contributed by atoms with Gasteiger partial charge in [0.15, 0.2) is 5.82 Å². The van der Waals surface area contributed by atoms with Crippen LogP contribution < -0.4 is 10.6 Å². The number of hydrogen-bond acceptors (Lipinski definition) is 4. The molecule has 1 aliphatic rings. The number of rotatable bonds is 4. The van der Waals surface area contributed by atoms with Crippen molar-refractivity contribution in [3.05, 3.63) is 59.9 Å². The Kier molecular flexibility index (Phi) is 4.15. The normalized spacial score (nSPS) is 15.3. The predicted octanol–water partition coefficient (Wildman–Crippen LogP) is 2.91. The van der Waals surface area contributed by atoms with Crippen molar-refractivity contribution in [1.82, 2.24) is 14.8 Å². The molecule has 27 heavy (non-hydrogen) atoms. The molecule has 8 heteroatoms. The van der Waals surface area contributed by atoms with Crippen LogP contribution in [0.4, 0.5) is 16.0 Å². The third kappa shape index (κ3) is 3.41. The molecule has 3 aromatic rings. The Hall–Kier alpha value is -3.55. The van der Waals surface area contributed by atoms with Crippen molar-refractivity contribution in [3.63, 3.8) is 0 Å². The van der Waals surface area contributed by atoms with Crippen molar-refractivity contribution in [2.24, 2.45) is 0 Å². The highest BCUT2D eigenvalue weighted by molar-refractivity contribution is 6.01. The molecule has 0 radical (unpaired) electrons. The van der Waals surface area contributed by atoms with Crippen LogP contribution >= 0.6 is 0 Å². The fourth-order valence-corrected chi connectivity index (χ4v) is 2.86. The zero-order chi connectivity index (χ0) is 19.0. The topological polar surface area (TPSA) is 88.9 Å². The van der Waals surface area contributed by atoms with Gasteiger partial charge in [-0.05, 0) is 31.2 Å². The number of halogens is 1. The van der Waals surface area contributed by atoms with E-state index in [1.54, 1.807) is 0 Å². The van der Waals surface area contributed by atoms with E-state index in [2.05, 4.69) is 20.7 Å². The molecule has 136 valence electrons. The van der Waals surface area contributed by atoms with E-state index in [0.717, 1.165) is 11.1 Å². The van der Waals surface area contributed by atoms with Crippen LogP contribution in [0.1, 0.15) is 18.0 Å². The summed E-state index contributed by atoms with van der Waals surface area (Å²) in [6.45, 7) is 1.99. The van der Waals surface area contributed by atoms with Gasteiger partial charge in [0, 0.05) is 11.3 Å². The fraction of sp³-hybridized carbons (Fsp3) is 0.158. The Labute approximate surface area is 154 Å². The average Bonchev–Trinajstić information content (AvgIpc) is 3.17. The quantitative estimate of drug-likeness (QED) is 0.744. The highest BCUT2D eigenvalue weighted by atomic mass is 19.1. The molecule has 0 fully saturated rings. The van der Waals surface area contributed by atoms with E-state index in [9.17, 15) is 14.0 Å². The highest BCUT2D eigenvalue weighted by Crippen LogP contribution is 2.28. The Balaban J connectivity index is 1.51. The Bertz CT molecular complexity index is 1010. The van der Waals surface area contributed by atoms with E-state index in [4.69, 9.17) is 0 Å². The van der Waals surface area contributed by atoms with Gasteiger partial charge in [0.25, 0.3) is 5.91 Å². The Morgan fingerprint density at radius 3 is 2.59 bits per heavy atom. The molecule has 2 N–H and O–H groups in total. The number of nitrogens with zero attached hydrogens (tertiary/aromatic N) is 3. The molecule has 0 bridgehead atoms. The van der Waals surface area contributed by atoms with E-state index in [1.165, 1.54) is 28.9 Å². The minimum Gasteiger partial charge on any atom is -0.326 e. The van der Waals surface area contributed by atoms with Gasteiger partial charge in [-0.2, -0.15) is 4.98 Å². The van der Waals surface area contributed by atoms with Gasteiger partial charge in [-0.3, -0.25) is 14.9 Å². The average molecular weight is 365 g/mol. The lowest BCUT2D eigenvalue weighted by molar-refractivity contribution is -0.123. The first kappa shape index (κ1) is 16.9. The third-order valence-electron chi connectivity index (χ3n) is 4.28. The molecule has 1 atom stereocenters. The standard InChI is InChI=1S/C19H16FN5O2/c1-11-2-4-12(5-3-11)17-22-19-23-18(27)15(25(19)24-17)10-16(26)21-14-8-6-13(20)7-9-14/h2-9,15H,10H2,1H3,(H,21,26)(H,22,23,24,27). The van der Waals surface area contributed by atoms with Crippen molar-refractivity contribution in [3.8, 4) is 11.4 Å². The summed E-state index contributed by atoms with van der Waals surface area (Å²) < 4.78 is 14.4. The fourth-order valence-electron chi connectivity index (χ4n) is 2.86. The molecule has 0 aliphatic carbocycles. The molecule has 2 heterocycles.